The van der Waals surface area contributed by atoms with Gasteiger partial charge in [0.05, 0.1) is 12.3 Å². The zero-order chi connectivity index (χ0) is 15.0. The van der Waals surface area contributed by atoms with Crippen LogP contribution < -0.4 is 0 Å². The van der Waals surface area contributed by atoms with Crippen molar-refractivity contribution in [3.8, 4) is 0 Å². The van der Waals surface area contributed by atoms with Crippen molar-refractivity contribution in [1.29, 1.82) is 0 Å². The number of hydrogen-bond acceptors (Lipinski definition) is 3. The fourth-order valence-electron chi connectivity index (χ4n) is 2.99. The number of H-pyrrole nitrogens is 1. The molecule has 1 unspecified atom stereocenters. The van der Waals surface area contributed by atoms with Crippen molar-refractivity contribution in [3.05, 3.63) is 47.7 Å². The van der Waals surface area contributed by atoms with Gasteiger partial charge in [-0.05, 0) is 25.0 Å². The molecule has 0 saturated carbocycles. The monoisotopic (exact) mass is 282 g/mol. The van der Waals surface area contributed by atoms with Crippen LogP contribution in [0.1, 0.15) is 35.0 Å². The van der Waals surface area contributed by atoms with Crippen LogP contribution in [0.15, 0.2) is 35.8 Å². The molecule has 1 aliphatic rings. The SMILES string of the molecule is C=CCC1N=C(C)c2c([nH]c3cccc(COC)c23)C1=O. The molecule has 1 aromatic carbocycles. The summed E-state index contributed by atoms with van der Waals surface area (Å²) in [5.74, 6) is 0.0371. The molecule has 0 aliphatic carbocycles. The van der Waals surface area contributed by atoms with E-state index in [4.69, 9.17) is 4.74 Å². The number of fused-ring (bicyclic) bond motifs is 3. The standard InChI is InChI=1S/C17H18N2O2/c1-4-6-13-17(20)16-14(10(2)18-13)15-11(9-21-3)7-5-8-12(15)19-16/h4-5,7-8,13,19H,1,6,9H2,2-3H3. The van der Waals surface area contributed by atoms with E-state index in [1.54, 1.807) is 13.2 Å². The van der Waals surface area contributed by atoms with Crippen LogP contribution in [-0.2, 0) is 11.3 Å². The van der Waals surface area contributed by atoms with Crippen molar-refractivity contribution in [1.82, 2.24) is 4.98 Å². The van der Waals surface area contributed by atoms with E-state index >= 15 is 0 Å². The molecule has 2 heterocycles. The van der Waals surface area contributed by atoms with Gasteiger partial charge in [0.1, 0.15) is 6.04 Å². The van der Waals surface area contributed by atoms with Crippen molar-refractivity contribution in [2.45, 2.75) is 26.0 Å². The number of nitrogens with one attached hydrogen (secondary N) is 1. The molecule has 1 atom stereocenters. The summed E-state index contributed by atoms with van der Waals surface area (Å²) in [6.07, 6.45) is 2.30. The molecule has 0 amide bonds. The summed E-state index contributed by atoms with van der Waals surface area (Å²) in [6, 6.07) is 5.62. The van der Waals surface area contributed by atoms with E-state index in [9.17, 15) is 4.79 Å². The van der Waals surface area contributed by atoms with E-state index in [1.807, 2.05) is 25.1 Å². The average molecular weight is 282 g/mol. The minimum Gasteiger partial charge on any atom is -0.380 e. The van der Waals surface area contributed by atoms with E-state index < -0.39 is 0 Å². The number of Topliss-reactive ketones (excluding diaryl/α,β-unsaturated/α-hetero) is 1. The maximum atomic E-state index is 12.6. The topological polar surface area (TPSA) is 54.4 Å². The van der Waals surface area contributed by atoms with Crippen LogP contribution in [-0.4, -0.2) is 29.6 Å². The highest BCUT2D eigenvalue weighted by molar-refractivity contribution is 6.22. The highest BCUT2D eigenvalue weighted by atomic mass is 16.5. The number of aromatic nitrogens is 1. The molecule has 1 N–H and O–H groups in total. The van der Waals surface area contributed by atoms with Crippen molar-refractivity contribution < 1.29 is 9.53 Å². The summed E-state index contributed by atoms with van der Waals surface area (Å²) in [5.41, 5.74) is 4.50. The summed E-state index contributed by atoms with van der Waals surface area (Å²) in [4.78, 5) is 20.4. The number of aromatic amines is 1. The van der Waals surface area contributed by atoms with Gasteiger partial charge in [-0.15, -0.1) is 6.58 Å². The van der Waals surface area contributed by atoms with Gasteiger partial charge in [-0.3, -0.25) is 9.79 Å². The van der Waals surface area contributed by atoms with E-state index in [0.29, 0.717) is 18.7 Å². The number of nitrogens with zero attached hydrogens (tertiary/aromatic N) is 1. The molecule has 2 aromatic rings. The lowest BCUT2D eigenvalue weighted by Gasteiger charge is -2.17. The molecule has 0 radical (unpaired) electrons. The maximum absolute atomic E-state index is 12.6. The normalized spacial score (nSPS) is 17.7. The maximum Gasteiger partial charge on any atom is 0.204 e. The Morgan fingerprint density at radius 3 is 3.00 bits per heavy atom. The van der Waals surface area contributed by atoms with Crippen molar-refractivity contribution >= 4 is 22.4 Å². The Morgan fingerprint density at radius 1 is 1.48 bits per heavy atom. The van der Waals surface area contributed by atoms with Gasteiger partial charge in [-0.25, -0.2) is 0 Å². The Labute approximate surface area is 123 Å². The highest BCUT2D eigenvalue weighted by Gasteiger charge is 2.30. The number of ketones is 1. The summed E-state index contributed by atoms with van der Waals surface area (Å²) in [7, 11) is 1.67. The third kappa shape index (κ3) is 2.12. The molecular weight excluding hydrogens is 264 g/mol. The van der Waals surface area contributed by atoms with Gasteiger partial charge in [0, 0.05) is 29.3 Å². The number of aliphatic imine (C=N–C) groups is 1. The zero-order valence-electron chi connectivity index (χ0n) is 12.3. The molecule has 0 saturated heterocycles. The van der Waals surface area contributed by atoms with Crippen LogP contribution in [0.25, 0.3) is 10.9 Å². The summed E-state index contributed by atoms with van der Waals surface area (Å²) in [6.45, 7) is 6.17. The van der Waals surface area contributed by atoms with E-state index in [-0.39, 0.29) is 11.8 Å². The van der Waals surface area contributed by atoms with Crippen LogP contribution in [0.5, 0.6) is 0 Å². The van der Waals surface area contributed by atoms with Crippen molar-refractivity contribution in [3.63, 3.8) is 0 Å². The number of ether oxygens (including phenoxy) is 1. The van der Waals surface area contributed by atoms with Crippen LogP contribution in [0, 0.1) is 0 Å². The fourth-order valence-corrected chi connectivity index (χ4v) is 2.99. The Hall–Kier alpha value is -2.20. The molecule has 3 rings (SSSR count). The smallest absolute Gasteiger partial charge is 0.204 e. The van der Waals surface area contributed by atoms with Gasteiger partial charge in [0.2, 0.25) is 5.78 Å². The summed E-state index contributed by atoms with van der Waals surface area (Å²) < 4.78 is 5.27. The number of benzene rings is 1. The second kappa shape index (κ2) is 5.30. The Morgan fingerprint density at radius 2 is 2.29 bits per heavy atom. The number of hydrogen-bond donors (Lipinski definition) is 1. The first-order valence-corrected chi connectivity index (χ1v) is 6.99. The van der Waals surface area contributed by atoms with Crippen molar-refractivity contribution in [2.75, 3.05) is 7.11 Å². The minimum atomic E-state index is -0.353. The predicted octanol–water partition coefficient (Wildman–Crippen LogP) is 3.26. The van der Waals surface area contributed by atoms with Gasteiger partial charge >= 0.3 is 0 Å². The van der Waals surface area contributed by atoms with Crippen LogP contribution in [0.4, 0.5) is 0 Å². The van der Waals surface area contributed by atoms with Gasteiger partial charge < -0.3 is 9.72 Å². The van der Waals surface area contributed by atoms with E-state index in [1.165, 1.54) is 0 Å². The van der Waals surface area contributed by atoms with Crippen LogP contribution in [0.3, 0.4) is 0 Å². The predicted molar refractivity (Wildman–Crippen MR) is 84.2 cm³/mol. The molecule has 108 valence electrons. The zero-order valence-corrected chi connectivity index (χ0v) is 12.3. The molecule has 1 aliphatic heterocycles. The van der Waals surface area contributed by atoms with Gasteiger partial charge in [0.25, 0.3) is 0 Å². The van der Waals surface area contributed by atoms with E-state index in [2.05, 4.69) is 16.6 Å². The number of carbonyl (C=O) groups excluding carboxylic acids is 1. The molecule has 21 heavy (non-hydrogen) atoms. The first kappa shape index (κ1) is 13.8. The molecule has 0 spiro atoms. The largest absolute Gasteiger partial charge is 0.380 e. The summed E-state index contributed by atoms with van der Waals surface area (Å²) >= 11 is 0. The third-order valence-electron chi connectivity index (χ3n) is 3.86. The lowest BCUT2D eigenvalue weighted by atomic mass is 9.94. The lowest BCUT2D eigenvalue weighted by molar-refractivity contribution is 0.0956. The Balaban J connectivity index is 2.25. The number of methoxy groups -OCH3 is 1. The second-order valence-electron chi connectivity index (χ2n) is 5.27. The Bertz CT molecular complexity index is 755. The molecule has 4 heteroatoms. The van der Waals surface area contributed by atoms with Gasteiger partial charge in [-0.1, -0.05) is 18.2 Å². The second-order valence-corrected chi connectivity index (χ2v) is 5.27. The minimum absolute atomic E-state index is 0.0371. The highest BCUT2D eigenvalue weighted by Crippen LogP contribution is 2.31. The van der Waals surface area contributed by atoms with Gasteiger partial charge in [0.15, 0.2) is 0 Å². The molecule has 1 aromatic heterocycles. The lowest BCUT2D eigenvalue weighted by Crippen LogP contribution is -2.26. The average Bonchev–Trinajstić information content (AvgIpc) is 2.86. The van der Waals surface area contributed by atoms with Gasteiger partial charge in [-0.2, -0.15) is 0 Å². The quantitative estimate of drug-likeness (QED) is 0.875. The summed E-state index contributed by atoms with van der Waals surface area (Å²) in [5, 5.41) is 1.04. The molecule has 4 nitrogen and oxygen atoms in total. The Kier molecular flexibility index (Phi) is 3.47. The third-order valence-corrected chi connectivity index (χ3v) is 3.86. The molecule has 0 fully saturated rings. The fraction of sp³-hybridized carbons (Fsp3) is 0.294. The molecule has 0 bridgehead atoms. The first-order chi connectivity index (χ1) is 10.2. The number of carbonyl (C=O) groups is 1. The van der Waals surface area contributed by atoms with E-state index in [0.717, 1.165) is 27.7 Å². The number of rotatable bonds is 4. The first-order valence-electron chi connectivity index (χ1n) is 6.99. The van der Waals surface area contributed by atoms with Crippen molar-refractivity contribution in [2.24, 2.45) is 4.99 Å². The molecular formula is C17H18N2O2. The van der Waals surface area contributed by atoms with Crippen LogP contribution >= 0.6 is 0 Å². The van der Waals surface area contributed by atoms with Crippen LogP contribution in [0.2, 0.25) is 0 Å².